The summed E-state index contributed by atoms with van der Waals surface area (Å²) < 4.78 is 11.2. The van der Waals surface area contributed by atoms with Crippen molar-refractivity contribution >= 4 is 29.2 Å². The predicted octanol–water partition coefficient (Wildman–Crippen LogP) is 2.69. The first kappa shape index (κ1) is 22.0. The molecule has 1 amide bonds. The summed E-state index contributed by atoms with van der Waals surface area (Å²) in [4.78, 5) is 13.9. The molecule has 0 atom stereocenters. The number of methoxy groups -OCH3 is 1. The lowest BCUT2D eigenvalue weighted by Crippen LogP contribution is -2.21. The number of benzene rings is 2. The molecule has 3 N–H and O–H groups in total. The molecule has 0 saturated carbocycles. The van der Waals surface area contributed by atoms with Crippen LogP contribution in [0.25, 0.3) is 5.82 Å². The summed E-state index contributed by atoms with van der Waals surface area (Å²) in [5.74, 6) is 0.768. The summed E-state index contributed by atoms with van der Waals surface area (Å²) in [6.45, 7) is 1.78. The molecule has 0 bridgehead atoms. The minimum absolute atomic E-state index is 0.0335. The molecule has 0 radical (unpaired) electrons. The van der Waals surface area contributed by atoms with Gasteiger partial charge < -0.3 is 10.5 Å². The quantitative estimate of drug-likeness (QED) is 0.228. The zero-order chi connectivity index (χ0) is 23.2. The minimum Gasteiger partial charge on any atom is -0.497 e. The van der Waals surface area contributed by atoms with Gasteiger partial charge in [-0.25, -0.2) is 10.1 Å². The van der Waals surface area contributed by atoms with Gasteiger partial charge in [0.15, 0.2) is 5.69 Å². The number of nitrogens with two attached hydrogens (primary N) is 1. The van der Waals surface area contributed by atoms with Crippen molar-refractivity contribution in [2.24, 2.45) is 5.10 Å². The number of ether oxygens (including phenoxy) is 1. The van der Waals surface area contributed by atoms with Crippen LogP contribution in [0.1, 0.15) is 28.7 Å². The average molecular weight is 465 g/mol. The molecule has 2 heterocycles. The number of amides is 1. The summed E-state index contributed by atoms with van der Waals surface area (Å²) in [5.41, 5.74) is 10.4. The molecule has 168 valence electrons. The van der Waals surface area contributed by atoms with E-state index in [4.69, 9.17) is 10.5 Å². The van der Waals surface area contributed by atoms with Crippen molar-refractivity contribution < 1.29 is 14.2 Å². The Hall–Kier alpha value is -4.19. The Kier molecular flexibility index (Phi) is 6.64. The van der Waals surface area contributed by atoms with Crippen LogP contribution in [0.2, 0.25) is 0 Å². The van der Waals surface area contributed by atoms with Crippen LogP contribution < -0.4 is 15.9 Å². The zero-order valence-corrected chi connectivity index (χ0v) is 18.6. The number of hydrazone groups is 1. The second-order valence-electron chi connectivity index (χ2n) is 6.74. The third kappa shape index (κ3) is 5.01. The van der Waals surface area contributed by atoms with Gasteiger partial charge >= 0.3 is 0 Å². The molecular weight excluding hydrogens is 444 g/mol. The summed E-state index contributed by atoms with van der Waals surface area (Å²) in [5, 5.41) is 19.6. The maximum atomic E-state index is 12.9. The van der Waals surface area contributed by atoms with Gasteiger partial charge in [0.2, 0.25) is 11.6 Å². The lowest BCUT2D eigenvalue weighted by Gasteiger charge is -2.06. The fourth-order valence-electron chi connectivity index (χ4n) is 2.87. The number of rotatable bonds is 8. The van der Waals surface area contributed by atoms with Gasteiger partial charge in [-0.15, -0.1) is 16.9 Å². The molecule has 12 heteroatoms. The van der Waals surface area contributed by atoms with Gasteiger partial charge in [-0.2, -0.15) is 9.78 Å². The molecule has 0 saturated heterocycles. The van der Waals surface area contributed by atoms with Crippen molar-refractivity contribution in [1.29, 1.82) is 0 Å². The Labute approximate surface area is 193 Å². The summed E-state index contributed by atoms with van der Waals surface area (Å²) >= 11 is 1.50. The molecule has 0 aliphatic rings. The molecule has 0 spiro atoms. The third-order valence-corrected chi connectivity index (χ3v) is 5.65. The molecule has 0 aliphatic heterocycles. The number of nitrogens with one attached hydrogen (secondary N) is 1. The first-order chi connectivity index (χ1) is 16.1. The van der Waals surface area contributed by atoms with Crippen LogP contribution in [0.15, 0.2) is 69.2 Å². The number of nitrogens with zero attached hydrogens (tertiary/aromatic N) is 6. The highest BCUT2D eigenvalue weighted by molar-refractivity contribution is 7.98. The average Bonchev–Trinajstić information content (AvgIpc) is 3.47. The highest BCUT2D eigenvalue weighted by atomic mass is 32.2. The number of carbonyl (C=O) groups excluding carboxylic acids is 1. The topological polar surface area (TPSA) is 146 Å². The fourth-order valence-corrected chi connectivity index (χ4v) is 3.78. The van der Waals surface area contributed by atoms with Crippen molar-refractivity contribution in [1.82, 2.24) is 30.7 Å². The van der Waals surface area contributed by atoms with E-state index in [1.807, 2.05) is 54.6 Å². The molecule has 0 aliphatic carbocycles. The maximum Gasteiger partial charge on any atom is 0.293 e. The van der Waals surface area contributed by atoms with Crippen LogP contribution in [0, 0.1) is 0 Å². The highest BCUT2D eigenvalue weighted by Crippen LogP contribution is 2.25. The molecule has 11 nitrogen and oxygen atoms in total. The lowest BCUT2D eigenvalue weighted by atomic mass is 10.1. The van der Waals surface area contributed by atoms with E-state index in [1.54, 1.807) is 14.0 Å². The van der Waals surface area contributed by atoms with Gasteiger partial charge in [0.1, 0.15) is 5.75 Å². The predicted molar refractivity (Wildman–Crippen MR) is 122 cm³/mol. The van der Waals surface area contributed by atoms with Crippen molar-refractivity contribution in [2.45, 2.75) is 17.6 Å². The Balaban J connectivity index is 1.58. The van der Waals surface area contributed by atoms with E-state index in [0.29, 0.717) is 17.2 Å². The smallest absolute Gasteiger partial charge is 0.293 e. The van der Waals surface area contributed by atoms with Crippen molar-refractivity contribution in [3.05, 3.63) is 71.5 Å². The van der Waals surface area contributed by atoms with E-state index < -0.39 is 5.91 Å². The second-order valence-corrected chi connectivity index (χ2v) is 7.79. The number of thioether (sulfide) groups is 1. The third-order valence-electron chi connectivity index (χ3n) is 4.63. The molecule has 2 aromatic carbocycles. The summed E-state index contributed by atoms with van der Waals surface area (Å²) in [7, 11) is 1.60. The first-order valence-electron chi connectivity index (χ1n) is 9.76. The highest BCUT2D eigenvalue weighted by Gasteiger charge is 2.24. The van der Waals surface area contributed by atoms with E-state index in [0.717, 1.165) is 16.2 Å². The minimum atomic E-state index is -0.521. The number of carbonyl (C=O) groups is 1. The standard InChI is InChI=1S/C21H20N8O3S/c1-13(14-8-10-15(31-2)11-9-14)23-25-21(30)18-17(12-33-16-6-4-3-5-7-16)29(28-24-18)20-19(22)26-32-27-20/h3-11H,12H2,1-2H3,(H2,22,26)(H,25,30). The largest absolute Gasteiger partial charge is 0.497 e. The molecular formula is C21H20N8O3S. The first-order valence-corrected chi connectivity index (χ1v) is 10.7. The Bertz CT molecular complexity index is 1270. The zero-order valence-electron chi connectivity index (χ0n) is 17.8. The van der Waals surface area contributed by atoms with Gasteiger partial charge in [0.05, 0.1) is 18.5 Å². The maximum absolute atomic E-state index is 12.9. The number of aromatic nitrogens is 5. The van der Waals surface area contributed by atoms with Gasteiger partial charge in [0, 0.05) is 10.6 Å². The fraction of sp³-hybridized carbons (Fsp3) is 0.143. The number of hydrogen-bond acceptors (Lipinski definition) is 10. The lowest BCUT2D eigenvalue weighted by molar-refractivity contribution is 0.0949. The Morgan fingerprint density at radius 1 is 1.18 bits per heavy atom. The summed E-state index contributed by atoms with van der Waals surface area (Å²) in [6, 6.07) is 17.1. The van der Waals surface area contributed by atoms with Crippen LogP contribution in [0.3, 0.4) is 0 Å². The van der Waals surface area contributed by atoms with E-state index in [-0.39, 0.29) is 17.3 Å². The van der Waals surface area contributed by atoms with Crippen LogP contribution in [0.5, 0.6) is 5.75 Å². The van der Waals surface area contributed by atoms with Crippen LogP contribution in [-0.4, -0.2) is 44.0 Å². The van der Waals surface area contributed by atoms with Gasteiger partial charge in [-0.3, -0.25) is 4.79 Å². The van der Waals surface area contributed by atoms with Crippen molar-refractivity contribution in [3.63, 3.8) is 0 Å². The second kappa shape index (κ2) is 9.96. The van der Waals surface area contributed by atoms with Gasteiger partial charge in [-0.1, -0.05) is 23.4 Å². The van der Waals surface area contributed by atoms with Crippen LogP contribution >= 0.6 is 11.8 Å². The van der Waals surface area contributed by atoms with E-state index in [2.05, 4.69) is 35.8 Å². The SMILES string of the molecule is COc1ccc(C(C)=NNC(=O)c2nnn(-c3nonc3N)c2CSc2ccccc2)cc1. The van der Waals surface area contributed by atoms with Gasteiger partial charge in [-0.05, 0) is 59.2 Å². The molecule has 0 fully saturated rings. The normalized spacial score (nSPS) is 11.4. The number of anilines is 1. The molecule has 0 unspecified atom stereocenters. The van der Waals surface area contributed by atoms with Crippen molar-refractivity contribution in [2.75, 3.05) is 12.8 Å². The van der Waals surface area contributed by atoms with Crippen LogP contribution in [-0.2, 0) is 5.75 Å². The monoisotopic (exact) mass is 464 g/mol. The molecule has 2 aromatic heterocycles. The van der Waals surface area contributed by atoms with Crippen molar-refractivity contribution in [3.8, 4) is 11.6 Å². The molecule has 4 rings (SSSR count). The van der Waals surface area contributed by atoms with E-state index >= 15 is 0 Å². The van der Waals surface area contributed by atoms with Crippen LogP contribution in [0.4, 0.5) is 5.82 Å². The van der Waals surface area contributed by atoms with E-state index in [1.165, 1.54) is 16.4 Å². The molecule has 33 heavy (non-hydrogen) atoms. The molecule has 4 aromatic rings. The van der Waals surface area contributed by atoms with Gasteiger partial charge in [0.25, 0.3) is 5.91 Å². The summed E-state index contributed by atoms with van der Waals surface area (Å²) in [6.07, 6.45) is 0. The Morgan fingerprint density at radius 2 is 1.94 bits per heavy atom. The Morgan fingerprint density at radius 3 is 2.61 bits per heavy atom. The number of hydrogen-bond donors (Lipinski definition) is 2. The number of nitrogen functional groups attached to an aromatic ring is 1. The van der Waals surface area contributed by atoms with E-state index in [9.17, 15) is 4.79 Å².